The average Bonchev–Trinajstić information content (AvgIpc) is 3.15. The Hall–Kier alpha value is -2.08. The molecular formula is C17H22N4OS. The van der Waals surface area contributed by atoms with Gasteiger partial charge >= 0.3 is 0 Å². The minimum absolute atomic E-state index is 0.202. The number of carbonyl (C=O) groups is 1. The molecule has 2 aliphatic carbocycles. The average molecular weight is 330 g/mol. The minimum atomic E-state index is -0.202. The van der Waals surface area contributed by atoms with E-state index in [4.69, 9.17) is 12.2 Å². The summed E-state index contributed by atoms with van der Waals surface area (Å²) in [5.41, 5.74) is 7.08. The lowest BCUT2D eigenvalue weighted by molar-refractivity contribution is 0.0943. The Kier molecular flexibility index (Phi) is 4.52. The molecule has 3 N–H and O–H groups in total. The van der Waals surface area contributed by atoms with Crippen LogP contribution in [-0.4, -0.2) is 31.2 Å². The van der Waals surface area contributed by atoms with Gasteiger partial charge in [0.15, 0.2) is 5.11 Å². The van der Waals surface area contributed by atoms with E-state index in [1.807, 2.05) is 31.1 Å². The van der Waals surface area contributed by atoms with Gasteiger partial charge in [0.1, 0.15) is 0 Å². The highest BCUT2D eigenvalue weighted by Gasteiger charge is 2.35. The maximum Gasteiger partial charge on any atom is 0.269 e. The molecule has 5 nitrogen and oxygen atoms in total. The molecule has 1 aromatic carbocycles. The predicted molar refractivity (Wildman–Crippen MR) is 96.2 cm³/mol. The Bertz CT molecular complexity index is 626. The third-order valence-corrected chi connectivity index (χ3v) is 4.75. The van der Waals surface area contributed by atoms with Gasteiger partial charge in [0.2, 0.25) is 0 Å². The number of nitrogens with zero attached hydrogens (tertiary/aromatic N) is 1. The van der Waals surface area contributed by atoms with E-state index >= 15 is 0 Å². The van der Waals surface area contributed by atoms with Crippen molar-refractivity contribution in [1.29, 1.82) is 0 Å². The fourth-order valence-corrected chi connectivity index (χ4v) is 3.45. The SMILES string of the molecule is CN(C)c1ccc(C(=O)NNC(=S)N[C@@H]2C[C@H]3C=C[C@@H]2C3)cc1. The highest BCUT2D eigenvalue weighted by molar-refractivity contribution is 7.80. The molecule has 0 spiro atoms. The van der Waals surface area contributed by atoms with Gasteiger partial charge in [0.25, 0.3) is 5.91 Å². The molecule has 1 saturated carbocycles. The molecule has 0 radical (unpaired) electrons. The molecule has 0 aliphatic heterocycles. The number of fused-ring (bicyclic) bond motifs is 2. The molecule has 1 fully saturated rings. The van der Waals surface area contributed by atoms with Gasteiger partial charge in [-0.1, -0.05) is 12.2 Å². The standard InChI is InChI=1S/C17H22N4OS/c1-21(2)14-7-5-12(6-8-14)16(22)19-20-17(23)18-15-10-11-3-4-13(15)9-11/h3-8,11,13,15H,9-10H2,1-2H3,(H,19,22)(H2,18,20,23)/t11-,13+,15+/m0/s1. The van der Waals surface area contributed by atoms with Crippen LogP contribution >= 0.6 is 12.2 Å². The third kappa shape index (κ3) is 3.64. The van der Waals surface area contributed by atoms with Crippen LogP contribution in [0.4, 0.5) is 5.69 Å². The number of carbonyl (C=O) groups excluding carboxylic acids is 1. The Morgan fingerprint density at radius 3 is 2.43 bits per heavy atom. The maximum atomic E-state index is 12.1. The van der Waals surface area contributed by atoms with Crippen molar-refractivity contribution >= 4 is 28.9 Å². The van der Waals surface area contributed by atoms with Crippen LogP contribution in [-0.2, 0) is 0 Å². The number of allylic oxidation sites excluding steroid dienone is 1. The highest BCUT2D eigenvalue weighted by Crippen LogP contribution is 2.38. The fourth-order valence-electron chi connectivity index (χ4n) is 3.25. The van der Waals surface area contributed by atoms with Gasteiger partial charge in [0.05, 0.1) is 0 Å². The van der Waals surface area contributed by atoms with Crippen LogP contribution in [0.15, 0.2) is 36.4 Å². The van der Waals surface area contributed by atoms with Crippen LogP contribution in [0.1, 0.15) is 23.2 Å². The first-order valence-electron chi connectivity index (χ1n) is 7.85. The highest BCUT2D eigenvalue weighted by atomic mass is 32.1. The van der Waals surface area contributed by atoms with Gasteiger partial charge in [-0.15, -0.1) is 0 Å². The topological polar surface area (TPSA) is 56.4 Å². The molecule has 2 bridgehead atoms. The van der Waals surface area contributed by atoms with Crippen LogP contribution < -0.4 is 21.1 Å². The maximum absolute atomic E-state index is 12.1. The Morgan fingerprint density at radius 2 is 1.87 bits per heavy atom. The van der Waals surface area contributed by atoms with Crippen molar-refractivity contribution in [3.05, 3.63) is 42.0 Å². The lowest BCUT2D eigenvalue weighted by atomic mass is 10.0. The molecule has 3 atom stereocenters. The number of amides is 1. The second-order valence-electron chi connectivity index (χ2n) is 6.38. The Morgan fingerprint density at radius 1 is 1.13 bits per heavy atom. The van der Waals surface area contributed by atoms with E-state index in [0.717, 1.165) is 12.1 Å². The van der Waals surface area contributed by atoms with Crippen molar-refractivity contribution in [2.45, 2.75) is 18.9 Å². The second kappa shape index (κ2) is 6.58. The van der Waals surface area contributed by atoms with Gasteiger partial charge in [-0.05, 0) is 61.2 Å². The summed E-state index contributed by atoms with van der Waals surface area (Å²) in [6, 6.07) is 7.79. The summed E-state index contributed by atoms with van der Waals surface area (Å²) in [6.07, 6.45) is 6.88. The van der Waals surface area contributed by atoms with Gasteiger partial charge in [-0.2, -0.15) is 0 Å². The number of hydrazine groups is 1. The number of benzene rings is 1. The molecule has 0 saturated heterocycles. The number of hydrogen-bond donors (Lipinski definition) is 3. The quantitative estimate of drug-likeness (QED) is 0.448. The number of hydrogen-bond acceptors (Lipinski definition) is 3. The molecule has 0 heterocycles. The van der Waals surface area contributed by atoms with Crippen LogP contribution in [0.3, 0.4) is 0 Å². The molecule has 0 unspecified atom stereocenters. The first-order chi connectivity index (χ1) is 11.0. The molecular weight excluding hydrogens is 308 g/mol. The Balaban J connectivity index is 1.46. The van der Waals surface area contributed by atoms with Crippen molar-refractivity contribution in [3.8, 4) is 0 Å². The van der Waals surface area contributed by atoms with E-state index in [-0.39, 0.29) is 5.91 Å². The number of anilines is 1. The van der Waals surface area contributed by atoms with Crippen LogP contribution in [0.25, 0.3) is 0 Å². The number of rotatable bonds is 3. The van der Waals surface area contributed by atoms with E-state index in [1.54, 1.807) is 12.1 Å². The minimum Gasteiger partial charge on any atom is -0.378 e. The molecule has 6 heteroatoms. The zero-order chi connectivity index (χ0) is 16.4. The molecule has 0 aromatic heterocycles. The fraction of sp³-hybridized carbons (Fsp3) is 0.412. The second-order valence-corrected chi connectivity index (χ2v) is 6.79. The summed E-state index contributed by atoms with van der Waals surface area (Å²) in [6.45, 7) is 0. The molecule has 2 aliphatic rings. The third-order valence-electron chi connectivity index (χ3n) is 4.53. The van der Waals surface area contributed by atoms with E-state index in [0.29, 0.717) is 28.6 Å². The Labute approximate surface area is 142 Å². The summed E-state index contributed by atoms with van der Waals surface area (Å²) in [5.74, 6) is 1.05. The smallest absolute Gasteiger partial charge is 0.269 e. The normalized spacial score (nSPS) is 24.3. The lowest BCUT2D eigenvalue weighted by Gasteiger charge is -2.22. The van der Waals surface area contributed by atoms with E-state index in [2.05, 4.69) is 28.3 Å². The largest absolute Gasteiger partial charge is 0.378 e. The monoisotopic (exact) mass is 330 g/mol. The zero-order valence-electron chi connectivity index (χ0n) is 13.4. The van der Waals surface area contributed by atoms with E-state index in [1.165, 1.54) is 6.42 Å². The predicted octanol–water partition coefficient (Wildman–Crippen LogP) is 1.83. The van der Waals surface area contributed by atoms with Crippen molar-refractivity contribution in [2.24, 2.45) is 11.8 Å². The molecule has 122 valence electrons. The van der Waals surface area contributed by atoms with Crippen molar-refractivity contribution in [1.82, 2.24) is 16.2 Å². The first kappa shape index (κ1) is 15.8. The van der Waals surface area contributed by atoms with Crippen LogP contribution in [0.2, 0.25) is 0 Å². The summed E-state index contributed by atoms with van der Waals surface area (Å²) in [5, 5.41) is 3.76. The van der Waals surface area contributed by atoms with Gasteiger partial charge in [-0.25, -0.2) is 0 Å². The molecule has 1 amide bonds. The van der Waals surface area contributed by atoms with E-state index < -0.39 is 0 Å². The number of thiocarbonyl (C=S) groups is 1. The summed E-state index contributed by atoms with van der Waals surface area (Å²) in [4.78, 5) is 14.1. The van der Waals surface area contributed by atoms with Gasteiger partial charge < -0.3 is 10.2 Å². The van der Waals surface area contributed by atoms with Gasteiger partial charge in [0, 0.05) is 31.4 Å². The van der Waals surface area contributed by atoms with Crippen molar-refractivity contribution in [2.75, 3.05) is 19.0 Å². The molecule has 23 heavy (non-hydrogen) atoms. The summed E-state index contributed by atoms with van der Waals surface area (Å²) >= 11 is 5.26. The number of nitrogens with one attached hydrogen (secondary N) is 3. The summed E-state index contributed by atoms with van der Waals surface area (Å²) in [7, 11) is 3.93. The van der Waals surface area contributed by atoms with Crippen molar-refractivity contribution < 1.29 is 4.79 Å². The molecule has 3 rings (SSSR count). The summed E-state index contributed by atoms with van der Waals surface area (Å²) < 4.78 is 0. The van der Waals surface area contributed by atoms with Crippen LogP contribution in [0, 0.1) is 11.8 Å². The molecule has 1 aromatic rings. The van der Waals surface area contributed by atoms with Crippen LogP contribution in [0.5, 0.6) is 0 Å². The van der Waals surface area contributed by atoms with Gasteiger partial charge in [-0.3, -0.25) is 15.6 Å². The lowest BCUT2D eigenvalue weighted by Crippen LogP contribution is -2.50. The van der Waals surface area contributed by atoms with Crippen molar-refractivity contribution in [3.63, 3.8) is 0 Å². The first-order valence-corrected chi connectivity index (χ1v) is 8.26. The van der Waals surface area contributed by atoms with E-state index in [9.17, 15) is 4.79 Å². The zero-order valence-corrected chi connectivity index (χ0v) is 14.2.